The number of hydrogen-bond donors (Lipinski definition) is 1. The minimum absolute atomic E-state index is 0.0553. The molecule has 0 radical (unpaired) electrons. The van der Waals surface area contributed by atoms with Gasteiger partial charge in [0.05, 0.1) is 0 Å². The van der Waals surface area contributed by atoms with Gasteiger partial charge in [-0.25, -0.2) is 4.98 Å². The minimum atomic E-state index is -0.0553. The van der Waals surface area contributed by atoms with Gasteiger partial charge in [0.1, 0.15) is 5.75 Å². The van der Waals surface area contributed by atoms with Gasteiger partial charge in [0.25, 0.3) is 5.88 Å². The van der Waals surface area contributed by atoms with Crippen LogP contribution in [0.1, 0.15) is 51.1 Å². The normalized spacial score (nSPS) is 10.6. The van der Waals surface area contributed by atoms with Crippen molar-refractivity contribution in [1.29, 1.82) is 0 Å². The van der Waals surface area contributed by atoms with E-state index in [0.717, 1.165) is 18.5 Å². The van der Waals surface area contributed by atoms with Crippen molar-refractivity contribution in [1.82, 2.24) is 9.97 Å². The predicted molar refractivity (Wildman–Crippen MR) is 87.3 cm³/mol. The zero-order valence-electron chi connectivity index (χ0n) is 13.2. The summed E-state index contributed by atoms with van der Waals surface area (Å²) in [6.45, 7) is 2.22. The first-order valence-electron chi connectivity index (χ1n) is 8.06. The molecule has 0 amide bonds. The Morgan fingerprint density at radius 2 is 1.68 bits per heavy atom. The SMILES string of the molecule is CCCCCCCCc1ccc(Oc2ccncc2)c(O)n1. The zero-order chi connectivity index (χ0) is 15.6. The lowest BCUT2D eigenvalue weighted by Crippen LogP contribution is -1.93. The first-order valence-corrected chi connectivity index (χ1v) is 8.06. The van der Waals surface area contributed by atoms with Gasteiger partial charge in [0, 0.05) is 18.1 Å². The van der Waals surface area contributed by atoms with E-state index in [0.29, 0.717) is 11.5 Å². The van der Waals surface area contributed by atoms with Gasteiger partial charge in [0.15, 0.2) is 5.75 Å². The van der Waals surface area contributed by atoms with Crippen molar-refractivity contribution < 1.29 is 9.84 Å². The fraction of sp³-hybridized carbons (Fsp3) is 0.444. The summed E-state index contributed by atoms with van der Waals surface area (Å²) >= 11 is 0. The molecule has 4 nitrogen and oxygen atoms in total. The molecule has 2 aromatic rings. The topological polar surface area (TPSA) is 55.2 Å². The van der Waals surface area contributed by atoms with Crippen LogP contribution in [0.15, 0.2) is 36.7 Å². The summed E-state index contributed by atoms with van der Waals surface area (Å²) < 4.78 is 5.58. The number of ether oxygens (including phenoxy) is 1. The summed E-state index contributed by atoms with van der Waals surface area (Å²) in [5, 5.41) is 9.97. The first-order chi connectivity index (χ1) is 10.8. The van der Waals surface area contributed by atoms with Crippen LogP contribution in [0.25, 0.3) is 0 Å². The number of pyridine rings is 2. The van der Waals surface area contributed by atoms with Crippen LogP contribution in [0, 0.1) is 0 Å². The van der Waals surface area contributed by atoms with Crippen LogP contribution in [0.4, 0.5) is 0 Å². The average Bonchev–Trinajstić information content (AvgIpc) is 2.54. The summed E-state index contributed by atoms with van der Waals surface area (Å²) in [6.07, 6.45) is 11.7. The molecular weight excluding hydrogens is 276 g/mol. The molecule has 0 fully saturated rings. The second-order valence-electron chi connectivity index (χ2n) is 5.43. The van der Waals surface area contributed by atoms with Crippen molar-refractivity contribution in [2.75, 3.05) is 0 Å². The molecule has 0 bridgehead atoms. The van der Waals surface area contributed by atoms with Crippen LogP contribution < -0.4 is 4.74 Å². The Kier molecular flexibility index (Phi) is 6.68. The number of aryl methyl sites for hydroxylation is 1. The van der Waals surface area contributed by atoms with E-state index in [1.54, 1.807) is 30.6 Å². The molecule has 118 valence electrons. The molecule has 0 aliphatic heterocycles. The standard InChI is InChI=1S/C18H24N2O2/c1-2-3-4-5-6-7-8-15-9-10-17(18(21)20-15)22-16-11-13-19-14-12-16/h9-14H,2-8H2,1H3,(H,20,21). The molecule has 0 aliphatic rings. The number of nitrogens with zero attached hydrogens (tertiary/aromatic N) is 2. The van der Waals surface area contributed by atoms with E-state index < -0.39 is 0 Å². The Morgan fingerprint density at radius 1 is 0.955 bits per heavy atom. The van der Waals surface area contributed by atoms with E-state index in [2.05, 4.69) is 16.9 Å². The third kappa shape index (κ3) is 5.35. The van der Waals surface area contributed by atoms with Gasteiger partial charge in [-0.3, -0.25) is 4.98 Å². The Balaban J connectivity index is 1.82. The molecule has 0 saturated heterocycles. The number of aromatic hydroxyl groups is 1. The molecule has 2 aromatic heterocycles. The maximum Gasteiger partial charge on any atom is 0.255 e. The van der Waals surface area contributed by atoms with Gasteiger partial charge in [-0.1, -0.05) is 39.0 Å². The molecular formula is C18H24N2O2. The number of hydrogen-bond acceptors (Lipinski definition) is 4. The van der Waals surface area contributed by atoms with Gasteiger partial charge in [-0.2, -0.15) is 0 Å². The molecule has 0 unspecified atom stereocenters. The smallest absolute Gasteiger partial charge is 0.255 e. The third-order valence-electron chi connectivity index (χ3n) is 3.56. The largest absolute Gasteiger partial charge is 0.491 e. The molecule has 0 spiro atoms. The van der Waals surface area contributed by atoms with E-state index in [4.69, 9.17) is 4.74 Å². The van der Waals surface area contributed by atoms with E-state index in [-0.39, 0.29) is 5.88 Å². The molecule has 0 atom stereocenters. The summed E-state index contributed by atoms with van der Waals surface area (Å²) in [6, 6.07) is 7.17. The Hall–Kier alpha value is -2.10. The highest BCUT2D eigenvalue weighted by Crippen LogP contribution is 2.28. The lowest BCUT2D eigenvalue weighted by molar-refractivity contribution is 0.393. The predicted octanol–water partition coefficient (Wildman–Crippen LogP) is 4.88. The van der Waals surface area contributed by atoms with Gasteiger partial charge in [-0.15, -0.1) is 0 Å². The molecule has 2 rings (SSSR count). The fourth-order valence-corrected chi connectivity index (χ4v) is 2.31. The van der Waals surface area contributed by atoms with Crippen molar-refractivity contribution in [3.8, 4) is 17.4 Å². The van der Waals surface area contributed by atoms with Crippen LogP contribution in [0.5, 0.6) is 17.4 Å². The van der Waals surface area contributed by atoms with Crippen LogP contribution in [-0.2, 0) is 6.42 Å². The Morgan fingerprint density at radius 3 is 2.41 bits per heavy atom. The highest BCUT2D eigenvalue weighted by Gasteiger charge is 2.07. The number of aromatic nitrogens is 2. The quantitative estimate of drug-likeness (QED) is 0.671. The highest BCUT2D eigenvalue weighted by molar-refractivity contribution is 5.37. The van der Waals surface area contributed by atoms with Crippen molar-refractivity contribution in [3.05, 3.63) is 42.4 Å². The van der Waals surface area contributed by atoms with Crippen LogP contribution in [-0.4, -0.2) is 15.1 Å². The van der Waals surface area contributed by atoms with Gasteiger partial charge >= 0.3 is 0 Å². The van der Waals surface area contributed by atoms with Crippen molar-refractivity contribution in [2.24, 2.45) is 0 Å². The van der Waals surface area contributed by atoms with E-state index in [9.17, 15) is 5.11 Å². The number of unbranched alkanes of at least 4 members (excludes halogenated alkanes) is 5. The van der Waals surface area contributed by atoms with E-state index in [1.807, 2.05) is 6.07 Å². The highest BCUT2D eigenvalue weighted by atomic mass is 16.5. The molecule has 0 saturated carbocycles. The molecule has 0 aromatic carbocycles. The maximum absolute atomic E-state index is 9.97. The Labute approximate surface area is 132 Å². The van der Waals surface area contributed by atoms with Crippen molar-refractivity contribution >= 4 is 0 Å². The molecule has 0 aliphatic carbocycles. The monoisotopic (exact) mass is 300 g/mol. The third-order valence-corrected chi connectivity index (χ3v) is 3.56. The van der Waals surface area contributed by atoms with Crippen molar-refractivity contribution in [2.45, 2.75) is 51.9 Å². The lowest BCUT2D eigenvalue weighted by Gasteiger charge is -2.08. The first kappa shape index (κ1) is 16.3. The fourth-order valence-electron chi connectivity index (χ4n) is 2.31. The number of rotatable bonds is 9. The van der Waals surface area contributed by atoms with Crippen LogP contribution in [0.3, 0.4) is 0 Å². The Bertz CT molecular complexity index is 558. The maximum atomic E-state index is 9.97. The average molecular weight is 300 g/mol. The molecule has 4 heteroatoms. The van der Waals surface area contributed by atoms with Gasteiger partial charge < -0.3 is 9.84 Å². The van der Waals surface area contributed by atoms with Crippen molar-refractivity contribution in [3.63, 3.8) is 0 Å². The molecule has 2 heterocycles. The van der Waals surface area contributed by atoms with E-state index in [1.165, 1.54) is 32.1 Å². The van der Waals surface area contributed by atoms with E-state index >= 15 is 0 Å². The van der Waals surface area contributed by atoms with Gasteiger partial charge in [0.2, 0.25) is 0 Å². The summed E-state index contributed by atoms with van der Waals surface area (Å²) in [5.41, 5.74) is 0.912. The molecule has 22 heavy (non-hydrogen) atoms. The lowest BCUT2D eigenvalue weighted by atomic mass is 10.1. The van der Waals surface area contributed by atoms with Gasteiger partial charge in [-0.05, 0) is 37.1 Å². The summed E-state index contributed by atoms with van der Waals surface area (Å²) in [7, 11) is 0. The second-order valence-corrected chi connectivity index (χ2v) is 5.43. The van der Waals surface area contributed by atoms with Crippen LogP contribution >= 0.6 is 0 Å². The minimum Gasteiger partial charge on any atom is -0.491 e. The summed E-state index contributed by atoms with van der Waals surface area (Å²) in [5.74, 6) is 0.953. The zero-order valence-corrected chi connectivity index (χ0v) is 13.2. The molecule has 1 N–H and O–H groups in total. The summed E-state index contributed by atoms with van der Waals surface area (Å²) in [4.78, 5) is 8.14. The van der Waals surface area contributed by atoms with Crippen LogP contribution in [0.2, 0.25) is 0 Å². The second kappa shape index (κ2) is 9.03.